The number of nitrogens with two attached hydrogens (primary N) is 1. The molecule has 0 radical (unpaired) electrons. The monoisotopic (exact) mass is 247 g/mol. The van der Waals surface area contributed by atoms with Crippen LogP contribution in [-0.4, -0.2) is 24.2 Å². The van der Waals surface area contributed by atoms with Crippen LogP contribution in [0.2, 0.25) is 5.02 Å². The van der Waals surface area contributed by atoms with E-state index in [9.17, 15) is 9.18 Å². The molecule has 16 heavy (non-hydrogen) atoms. The van der Waals surface area contributed by atoms with E-state index in [1.54, 1.807) is 0 Å². The highest BCUT2D eigenvalue weighted by atomic mass is 35.5. The maximum atomic E-state index is 13.5. The molecule has 0 heterocycles. The van der Waals surface area contributed by atoms with Gasteiger partial charge in [-0.25, -0.2) is 4.39 Å². The van der Waals surface area contributed by atoms with Gasteiger partial charge in [0.05, 0.1) is 12.1 Å². The van der Waals surface area contributed by atoms with Gasteiger partial charge >= 0.3 is 5.97 Å². The molecule has 1 unspecified atom stereocenters. The first kappa shape index (κ1) is 12.7. The van der Waals surface area contributed by atoms with Gasteiger partial charge < -0.3 is 15.6 Å². The van der Waals surface area contributed by atoms with E-state index in [0.29, 0.717) is 0 Å². The Bertz CT molecular complexity index is 411. The van der Waals surface area contributed by atoms with Gasteiger partial charge in [-0.05, 0) is 11.6 Å². The summed E-state index contributed by atoms with van der Waals surface area (Å²) in [6.07, 6.45) is -0.120. The lowest BCUT2D eigenvalue weighted by Gasteiger charge is -2.10. The molecule has 1 atom stereocenters. The molecule has 0 aliphatic rings. The van der Waals surface area contributed by atoms with E-state index in [-0.39, 0.29) is 22.8 Å². The fraction of sp³-hybridized carbons (Fsp3) is 0.300. The molecule has 0 saturated carbocycles. The number of benzene rings is 1. The molecular formula is C10H11ClFNO3. The van der Waals surface area contributed by atoms with E-state index >= 15 is 0 Å². The second-order valence-electron chi connectivity index (χ2n) is 3.23. The Labute approximate surface area is 96.8 Å². The van der Waals surface area contributed by atoms with Gasteiger partial charge in [0.1, 0.15) is 17.6 Å². The highest BCUT2D eigenvalue weighted by Crippen LogP contribution is 2.27. The Morgan fingerprint density at radius 1 is 1.69 bits per heavy atom. The van der Waals surface area contributed by atoms with Crippen LogP contribution in [0.25, 0.3) is 0 Å². The van der Waals surface area contributed by atoms with Crippen LogP contribution in [-0.2, 0) is 11.2 Å². The Morgan fingerprint density at radius 3 is 2.81 bits per heavy atom. The topological polar surface area (TPSA) is 72.5 Å². The summed E-state index contributed by atoms with van der Waals surface area (Å²) in [6, 6.07) is 1.27. The zero-order chi connectivity index (χ0) is 12.3. The minimum absolute atomic E-state index is 0.120. The summed E-state index contributed by atoms with van der Waals surface area (Å²) < 4.78 is 18.3. The van der Waals surface area contributed by atoms with Gasteiger partial charge in [-0.2, -0.15) is 0 Å². The van der Waals surface area contributed by atoms with Crippen LogP contribution in [0.5, 0.6) is 5.75 Å². The van der Waals surface area contributed by atoms with Crippen molar-refractivity contribution in [2.24, 2.45) is 5.73 Å². The van der Waals surface area contributed by atoms with Crippen molar-refractivity contribution in [2.75, 3.05) is 7.11 Å². The Morgan fingerprint density at radius 2 is 2.31 bits per heavy atom. The van der Waals surface area contributed by atoms with Gasteiger partial charge in [-0.3, -0.25) is 4.79 Å². The highest BCUT2D eigenvalue weighted by Gasteiger charge is 2.16. The van der Waals surface area contributed by atoms with Crippen LogP contribution in [0.15, 0.2) is 12.1 Å². The third-order valence-electron chi connectivity index (χ3n) is 2.08. The first-order valence-electron chi connectivity index (χ1n) is 4.46. The molecule has 0 aliphatic carbocycles. The predicted octanol–water partition coefficient (Wildman–Crippen LogP) is 1.44. The van der Waals surface area contributed by atoms with Crippen molar-refractivity contribution in [3.05, 3.63) is 28.5 Å². The number of carbonyl (C=O) groups is 1. The molecule has 1 aromatic carbocycles. The molecule has 6 heteroatoms. The van der Waals surface area contributed by atoms with Crippen molar-refractivity contribution in [1.29, 1.82) is 0 Å². The lowest BCUT2D eigenvalue weighted by atomic mass is 10.1. The molecule has 0 amide bonds. The lowest BCUT2D eigenvalue weighted by molar-refractivity contribution is -0.138. The van der Waals surface area contributed by atoms with Gasteiger partial charge in [-0.1, -0.05) is 11.6 Å². The Hall–Kier alpha value is -1.33. The van der Waals surface area contributed by atoms with Crippen LogP contribution < -0.4 is 10.5 Å². The third-order valence-corrected chi connectivity index (χ3v) is 2.37. The lowest BCUT2D eigenvalue weighted by Crippen LogP contribution is -2.32. The van der Waals surface area contributed by atoms with E-state index < -0.39 is 17.8 Å². The smallest absolute Gasteiger partial charge is 0.320 e. The van der Waals surface area contributed by atoms with Crippen LogP contribution in [0.1, 0.15) is 5.56 Å². The number of carboxylic acid groups (broad SMARTS) is 1. The van der Waals surface area contributed by atoms with E-state index in [4.69, 9.17) is 27.2 Å². The molecule has 1 aromatic rings. The number of methoxy groups -OCH3 is 1. The van der Waals surface area contributed by atoms with Crippen molar-refractivity contribution in [3.63, 3.8) is 0 Å². The molecule has 1 rings (SSSR count). The van der Waals surface area contributed by atoms with E-state index in [1.165, 1.54) is 13.2 Å². The number of aliphatic carboxylic acids is 1. The molecule has 0 bridgehead atoms. The number of rotatable bonds is 4. The molecule has 0 fully saturated rings. The molecule has 4 nitrogen and oxygen atoms in total. The summed E-state index contributed by atoms with van der Waals surface area (Å²) in [5.74, 6) is -1.57. The van der Waals surface area contributed by atoms with Gasteiger partial charge in [0, 0.05) is 12.5 Å². The number of carboxylic acids is 1. The summed E-state index contributed by atoms with van der Waals surface area (Å²) in [5.41, 5.74) is 5.45. The number of halogens is 2. The fourth-order valence-electron chi connectivity index (χ4n) is 1.21. The zero-order valence-electron chi connectivity index (χ0n) is 8.54. The second kappa shape index (κ2) is 5.14. The number of hydrogen-bond acceptors (Lipinski definition) is 3. The van der Waals surface area contributed by atoms with Crippen LogP contribution in [0.3, 0.4) is 0 Å². The summed E-state index contributed by atoms with van der Waals surface area (Å²) in [5, 5.41) is 8.82. The first-order chi connectivity index (χ1) is 7.45. The molecule has 0 aromatic heterocycles. The maximum absolute atomic E-state index is 13.5. The van der Waals surface area contributed by atoms with Crippen molar-refractivity contribution in [1.82, 2.24) is 0 Å². The molecule has 3 N–H and O–H groups in total. The summed E-state index contributed by atoms with van der Waals surface area (Å²) in [4.78, 5) is 10.5. The van der Waals surface area contributed by atoms with Gasteiger partial charge in [0.15, 0.2) is 0 Å². The SMILES string of the molecule is COc1cc(F)c(CC(N)C(=O)O)cc1Cl. The Kier molecular flexibility index (Phi) is 4.09. The average molecular weight is 248 g/mol. The number of ether oxygens (including phenoxy) is 1. The maximum Gasteiger partial charge on any atom is 0.320 e. The normalized spacial score (nSPS) is 12.2. The Balaban J connectivity index is 2.98. The highest BCUT2D eigenvalue weighted by molar-refractivity contribution is 6.32. The minimum Gasteiger partial charge on any atom is -0.495 e. The van der Waals surface area contributed by atoms with Crippen LogP contribution in [0, 0.1) is 5.82 Å². The molecule has 0 aliphatic heterocycles. The summed E-state index contributed by atoms with van der Waals surface area (Å²) >= 11 is 5.78. The summed E-state index contributed by atoms with van der Waals surface area (Å²) in [7, 11) is 1.36. The fourth-order valence-corrected chi connectivity index (χ4v) is 1.47. The first-order valence-corrected chi connectivity index (χ1v) is 4.83. The molecular weight excluding hydrogens is 237 g/mol. The van der Waals surface area contributed by atoms with Crippen molar-refractivity contribution in [3.8, 4) is 5.75 Å². The number of hydrogen-bond donors (Lipinski definition) is 2. The second-order valence-corrected chi connectivity index (χ2v) is 3.63. The van der Waals surface area contributed by atoms with Crippen LogP contribution in [0.4, 0.5) is 4.39 Å². The predicted molar refractivity (Wildman–Crippen MR) is 57.3 cm³/mol. The van der Waals surface area contributed by atoms with Gasteiger partial charge in [0.2, 0.25) is 0 Å². The van der Waals surface area contributed by atoms with Crippen molar-refractivity contribution < 1.29 is 19.0 Å². The standard InChI is InChI=1S/C10H11ClFNO3/c1-16-9-4-7(12)5(2-6(9)11)3-8(13)10(14)15/h2,4,8H,3,13H2,1H3,(H,14,15). The minimum atomic E-state index is -1.19. The van der Waals surface area contributed by atoms with Crippen LogP contribution >= 0.6 is 11.6 Å². The van der Waals surface area contributed by atoms with E-state index in [1.807, 2.05) is 0 Å². The van der Waals surface area contributed by atoms with Crippen molar-refractivity contribution >= 4 is 17.6 Å². The van der Waals surface area contributed by atoms with E-state index in [0.717, 1.165) is 6.07 Å². The average Bonchev–Trinajstić information content (AvgIpc) is 2.22. The van der Waals surface area contributed by atoms with E-state index in [2.05, 4.69) is 0 Å². The summed E-state index contributed by atoms with van der Waals surface area (Å²) in [6.45, 7) is 0. The third kappa shape index (κ3) is 2.84. The van der Waals surface area contributed by atoms with Gasteiger partial charge in [0.25, 0.3) is 0 Å². The molecule has 0 spiro atoms. The molecule has 88 valence electrons. The zero-order valence-corrected chi connectivity index (χ0v) is 9.29. The van der Waals surface area contributed by atoms with Crippen molar-refractivity contribution in [2.45, 2.75) is 12.5 Å². The molecule has 0 saturated heterocycles. The van der Waals surface area contributed by atoms with Gasteiger partial charge in [-0.15, -0.1) is 0 Å². The quantitative estimate of drug-likeness (QED) is 0.845. The largest absolute Gasteiger partial charge is 0.495 e.